The molecule has 2 unspecified atom stereocenters. The van der Waals surface area contributed by atoms with Crippen molar-refractivity contribution >= 4 is 16.8 Å². The summed E-state index contributed by atoms with van der Waals surface area (Å²) in [6.45, 7) is 2.24. The van der Waals surface area contributed by atoms with Gasteiger partial charge < -0.3 is 10.3 Å². The molecule has 2 atom stereocenters. The van der Waals surface area contributed by atoms with E-state index in [1.165, 1.54) is 19.3 Å². The summed E-state index contributed by atoms with van der Waals surface area (Å²) < 4.78 is 0. The molecule has 0 spiro atoms. The van der Waals surface area contributed by atoms with E-state index in [1.807, 2.05) is 30.5 Å². The van der Waals surface area contributed by atoms with Crippen LogP contribution in [0.4, 0.5) is 0 Å². The van der Waals surface area contributed by atoms with Crippen LogP contribution in [-0.2, 0) is 0 Å². The minimum Gasteiger partial charge on any atom is -0.361 e. The minimum atomic E-state index is 0.0592. The Kier molecular flexibility index (Phi) is 3.28. The van der Waals surface area contributed by atoms with E-state index < -0.39 is 0 Å². The lowest BCUT2D eigenvalue weighted by Gasteiger charge is -2.29. The van der Waals surface area contributed by atoms with Crippen molar-refractivity contribution in [3.8, 4) is 0 Å². The fourth-order valence-corrected chi connectivity index (χ4v) is 3.06. The molecule has 0 aliphatic heterocycles. The Morgan fingerprint density at radius 3 is 2.95 bits per heavy atom. The zero-order valence-corrected chi connectivity index (χ0v) is 11.3. The van der Waals surface area contributed by atoms with Crippen molar-refractivity contribution in [3.63, 3.8) is 0 Å². The van der Waals surface area contributed by atoms with Crippen LogP contribution in [0.3, 0.4) is 0 Å². The Labute approximate surface area is 113 Å². The summed E-state index contributed by atoms with van der Waals surface area (Å²) in [7, 11) is 0. The molecule has 19 heavy (non-hydrogen) atoms. The first-order chi connectivity index (χ1) is 9.25. The van der Waals surface area contributed by atoms with Gasteiger partial charge in [0.1, 0.15) is 0 Å². The van der Waals surface area contributed by atoms with E-state index in [0.717, 1.165) is 22.9 Å². The highest BCUT2D eigenvalue weighted by atomic mass is 16.1. The molecule has 1 heterocycles. The number of fused-ring (bicyclic) bond motifs is 1. The van der Waals surface area contributed by atoms with Crippen molar-refractivity contribution in [3.05, 3.63) is 36.0 Å². The van der Waals surface area contributed by atoms with Crippen LogP contribution >= 0.6 is 0 Å². The van der Waals surface area contributed by atoms with E-state index in [2.05, 4.69) is 17.2 Å². The SMILES string of the molecule is CC1CCCCC1NC(=O)c1cccc2[nH]ccc12. The Morgan fingerprint density at radius 2 is 2.11 bits per heavy atom. The van der Waals surface area contributed by atoms with E-state index in [9.17, 15) is 4.79 Å². The number of aromatic nitrogens is 1. The fourth-order valence-electron chi connectivity index (χ4n) is 3.06. The molecular weight excluding hydrogens is 236 g/mol. The largest absolute Gasteiger partial charge is 0.361 e. The van der Waals surface area contributed by atoms with Crippen LogP contribution < -0.4 is 5.32 Å². The molecule has 0 bridgehead atoms. The number of carbonyl (C=O) groups excluding carboxylic acids is 1. The molecule has 3 rings (SSSR count). The Morgan fingerprint density at radius 1 is 1.26 bits per heavy atom. The molecule has 100 valence electrons. The maximum Gasteiger partial charge on any atom is 0.252 e. The summed E-state index contributed by atoms with van der Waals surface area (Å²) in [6.07, 6.45) is 6.73. The lowest BCUT2D eigenvalue weighted by molar-refractivity contribution is 0.0912. The highest BCUT2D eigenvalue weighted by Gasteiger charge is 2.23. The van der Waals surface area contributed by atoms with Gasteiger partial charge >= 0.3 is 0 Å². The van der Waals surface area contributed by atoms with E-state index >= 15 is 0 Å². The molecule has 1 aliphatic rings. The first-order valence-corrected chi connectivity index (χ1v) is 7.12. The highest BCUT2D eigenvalue weighted by molar-refractivity contribution is 6.06. The van der Waals surface area contributed by atoms with E-state index in [4.69, 9.17) is 0 Å². The number of H-pyrrole nitrogens is 1. The Balaban J connectivity index is 1.82. The Bertz CT molecular complexity index is 587. The second-order valence-electron chi connectivity index (χ2n) is 5.59. The van der Waals surface area contributed by atoms with Gasteiger partial charge in [-0.25, -0.2) is 0 Å². The van der Waals surface area contributed by atoms with Crippen molar-refractivity contribution in [1.82, 2.24) is 10.3 Å². The van der Waals surface area contributed by atoms with Gasteiger partial charge in [0.2, 0.25) is 0 Å². The zero-order chi connectivity index (χ0) is 13.2. The van der Waals surface area contributed by atoms with Gasteiger partial charge in [-0.15, -0.1) is 0 Å². The molecule has 1 saturated carbocycles. The number of carbonyl (C=O) groups is 1. The summed E-state index contributed by atoms with van der Waals surface area (Å²) >= 11 is 0. The predicted molar refractivity (Wildman–Crippen MR) is 77.2 cm³/mol. The van der Waals surface area contributed by atoms with Gasteiger partial charge in [0, 0.05) is 28.7 Å². The molecule has 3 heteroatoms. The molecular formula is C16H20N2O. The van der Waals surface area contributed by atoms with Crippen LogP contribution in [-0.4, -0.2) is 16.9 Å². The number of rotatable bonds is 2. The summed E-state index contributed by atoms with van der Waals surface area (Å²) in [5.41, 5.74) is 1.79. The van der Waals surface area contributed by atoms with Gasteiger partial charge in [-0.05, 0) is 37.0 Å². The van der Waals surface area contributed by atoms with Crippen molar-refractivity contribution in [2.75, 3.05) is 0 Å². The first-order valence-electron chi connectivity index (χ1n) is 7.12. The molecule has 1 aromatic heterocycles. The standard InChI is InChI=1S/C16H20N2O/c1-11-5-2-3-7-14(11)18-16(19)13-6-4-8-15-12(13)9-10-17-15/h4,6,8-11,14,17H,2-3,5,7H2,1H3,(H,18,19). The number of hydrogen-bond donors (Lipinski definition) is 2. The van der Waals surface area contributed by atoms with Gasteiger partial charge in [0.25, 0.3) is 5.91 Å². The third-order valence-electron chi connectivity index (χ3n) is 4.27. The normalized spacial score (nSPS) is 23.4. The van der Waals surface area contributed by atoms with Crippen molar-refractivity contribution in [1.29, 1.82) is 0 Å². The maximum atomic E-state index is 12.4. The lowest BCUT2D eigenvalue weighted by atomic mass is 9.86. The van der Waals surface area contributed by atoms with Gasteiger partial charge in [0.05, 0.1) is 0 Å². The van der Waals surface area contributed by atoms with Crippen LogP contribution in [0.1, 0.15) is 43.0 Å². The second kappa shape index (κ2) is 5.08. The minimum absolute atomic E-state index is 0.0592. The van der Waals surface area contributed by atoms with Crippen molar-refractivity contribution < 1.29 is 4.79 Å². The summed E-state index contributed by atoms with van der Waals surface area (Å²) in [6, 6.07) is 8.12. The second-order valence-corrected chi connectivity index (χ2v) is 5.59. The summed E-state index contributed by atoms with van der Waals surface area (Å²) in [4.78, 5) is 15.6. The van der Waals surface area contributed by atoms with E-state index in [1.54, 1.807) is 0 Å². The lowest BCUT2D eigenvalue weighted by Crippen LogP contribution is -2.41. The quantitative estimate of drug-likeness (QED) is 0.849. The molecule has 1 aliphatic carbocycles. The third kappa shape index (κ3) is 2.37. The van der Waals surface area contributed by atoms with Crippen molar-refractivity contribution in [2.45, 2.75) is 38.6 Å². The van der Waals surface area contributed by atoms with Crippen LogP contribution in [0.25, 0.3) is 10.9 Å². The first kappa shape index (κ1) is 12.3. The summed E-state index contributed by atoms with van der Waals surface area (Å²) in [5.74, 6) is 0.645. The third-order valence-corrected chi connectivity index (χ3v) is 4.27. The van der Waals surface area contributed by atoms with E-state index in [-0.39, 0.29) is 5.91 Å². The molecule has 0 saturated heterocycles. The zero-order valence-electron chi connectivity index (χ0n) is 11.3. The predicted octanol–water partition coefficient (Wildman–Crippen LogP) is 3.48. The Hall–Kier alpha value is -1.77. The fraction of sp³-hybridized carbons (Fsp3) is 0.438. The highest BCUT2D eigenvalue weighted by Crippen LogP contribution is 2.24. The molecule has 1 amide bonds. The van der Waals surface area contributed by atoms with Crippen molar-refractivity contribution in [2.24, 2.45) is 5.92 Å². The average molecular weight is 256 g/mol. The monoisotopic (exact) mass is 256 g/mol. The van der Waals surface area contributed by atoms with Gasteiger partial charge in [0.15, 0.2) is 0 Å². The number of nitrogens with one attached hydrogen (secondary N) is 2. The molecule has 1 aromatic carbocycles. The van der Waals surface area contributed by atoms with Crippen LogP contribution in [0.15, 0.2) is 30.5 Å². The number of amides is 1. The number of hydrogen-bond acceptors (Lipinski definition) is 1. The smallest absolute Gasteiger partial charge is 0.252 e. The molecule has 2 N–H and O–H groups in total. The molecule has 0 radical (unpaired) electrons. The van der Waals surface area contributed by atoms with Crippen LogP contribution in [0.2, 0.25) is 0 Å². The van der Waals surface area contributed by atoms with E-state index in [0.29, 0.717) is 12.0 Å². The molecule has 2 aromatic rings. The number of benzene rings is 1. The molecule has 1 fully saturated rings. The maximum absolute atomic E-state index is 12.4. The van der Waals surface area contributed by atoms with Crippen LogP contribution in [0, 0.1) is 5.92 Å². The topological polar surface area (TPSA) is 44.9 Å². The average Bonchev–Trinajstić information content (AvgIpc) is 2.89. The number of aromatic amines is 1. The summed E-state index contributed by atoms with van der Waals surface area (Å²) in [5, 5.41) is 4.22. The molecule has 3 nitrogen and oxygen atoms in total. The van der Waals surface area contributed by atoms with Gasteiger partial charge in [-0.2, -0.15) is 0 Å². The van der Waals surface area contributed by atoms with Gasteiger partial charge in [-0.1, -0.05) is 25.8 Å². The van der Waals surface area contributed by atoms with Crippen LogP contribution in [0.5, 0.6) is 0 Å². The van der Waals surface area contributed by atoms with Gasteiger partial charge in [-0.3, -0.25) is 4.79 Å².